The molecular formula is C23H19ClN4O4. The Morgan fingerprint density at radius 3 is 2.75 bits per heavy atom. The summed E-state index contributed by atoms with van der Waals surface area (Å²) in [7, 11) is 0. The average Bonchev–Trinajstić information content (AvgIpc) is 2.79. The zero-order valence-electron chi connectivity index (χ0n) is 17.1. The van der Waals surface area contributed by atoms with Gasteiger partial charge in [-0.15, -0.1) is 0 Å². The van der Waals surface area contributed by atoms with Gasteiger partial charge in [-0.05, 0) is 61.5 Å². The Morgan fingerprint density at radius 1 is 1.16 bits per heavy atom. The third-order valence-corrected chi connectivity index (χ3v) is 4.75. The molecule has 0 unspecified atom stereocenters. The highest BCUT2D eigenvalue weighted by atomic mass is 35.5. The van der Waals surface area contributed by atoms with Crippen LogP contribution in [0.2, 0.25) is 5.02 Å². The fraction of sp³-hybridized carbons (Fsp3) is 0.130. The Morgan fingerprint density at radius 2 is 1.97 bits per heavy atom. The van der Waals surface area contributed by atoms with Crippen LogP contribution in [-0.2, 0) is 11.3 Å². The molecule has 0 aliphatic carbocycles. The molecule has 2 heterocycles. The van der Waals surface area contributed by atoms with Crippen molar-refractivity contribution >= 4 is 40.0 Å². The van der Waals surface area contributed by atoms with Crippen LogP contribution in [0.4, 0.5) is 11.5 Å². The molecule has 0 aliphatic heterocycles. The predicted octanol–water partition coefficient (Wildman–Crippen LogP) is 4.47. The largest absolute Gasteiger partial charge is 0.494 e. The van der Waals surface area contributed by atoms with Gasteiger partial charge in [-0.3, -0.25) is 4.79 Å². The van der Waals surface area contributed by atoms with Crippen molar-refractivity contribution in [2.75, 3.05) is 11.9 Å². The lowest BCUT2D eigenvalue weighted by atomic mass is 10.2. The zero-order valence-corrected chi connectivity index (χ0v) is 17.8. The molecule has 2 N–H and O–H groups in total. The van der Waals surface area contributed by atoms with Crippen molar-refractivity contribution in [1.82, 2.24) is 15.0 Å². The first-order valence-electron chi connectivity index (χ1n) is 9.84. The number of pyridine rings is 1. The van der Waals surface area contributed by atoms with E-state index in [9.17, 15) is 9.59 Å². The van der Waals surface area contributed by atoms with Crippen LogP contribution in [0.5, 0.6) is 5.75 Å². The van der Waals surface area contributed by atoms with Crippen LogP contribution in [0.1, 0.15) is 23.1 Å². The van der Waals surface area contributed by atoms with E-state index in [4.69, 9.17) is 21.1 Å². The fourth-order valence-corrected chi connectivity index (χ4v) is 3.21. The number of nitrogens with one attached hydrogen (secondary N) is 2. The number of anilines is 2. The number of halogens is 1. The molecule has 2 aromatic carbocycles. The molecular weight excluding hydrogens is 432 g/mol. The zero-order chi connectivity index (χ0) is 22.5. The van der Waals surface area contributed by atoms with Gasteiger partial charge in [0.05, 0.1) is 17.5 Å². The van der Waals surface area contributed by atoms with Crippen LogP contribution in [0, 0.1) is 0 Å². The Balaban J connectivity index is 1.49. The van der Waals surface area contributed by atoms with Crippen LogP contribution < -0.4 is 15.6 Å². The Bertz CT molecular complexity index is 1320. The number of aromatic amines is 1. The summed E-state index contributed by atoms with van der Waals surface area (Å²) in [5.74, 6) is 0.689. The second-order valence-electron chi connectivity index (χ2n) is 6.73. The van der Waals surface area contributed by atoms with Crippen LogP contribution in [0.15, 0.2) is 65.6 Å². The summed E-state index contributed by atoms with van der Waals surface area (Å²) in [4.78, 5) is 36.1. The van der Waals surface area contributed by atoms with Crippen molar-refractivity contribution in [2.45, 2.75) is 13.5 Å². The fourth-order valence-electron chi connectivity index (χ4n) is 3.05. The molecule has 0 spiro atoms. The summed E-state index contributed by atoms with van der Waals surface area (Å²) in [5.41, 5.74) is 1.06. The minimum atomic E-state index is -0.611. The minimum absolute atomic E-state index is 0.211. The van der Waals surface area contributed by atoms with Crippen molar-refractivity contribution in [3.63, 3.8) is 0 Å². The van der Waals surface area contributed by atoms with Crippen molar-refractivity contribution in [3.8, 4) is 5.75 Å². The van der Waals surface area contributed by atoms with E-state index < -0.39 is 5.97 Å². The van der Waals surface area contributed by atoms with E-state index >= 15 is 0 Å². The standard InChI is InChI=1S/C23H19ClN4O4/c1-2-31-16-8-6-15(7-9-16)26-21-18(4-3-11-25-21)23(30)32-13-20-27-19-12-14(24)5-10-17(19)22(29)28-20/h3-12H,2,13H2,1H3,(H,25,26)(H,27,28,29). The third-order valence-electron chi connectivity index (χ3n) is 4.51. The first-order valence-corrected chi connectivity index (χ1v) is 10.2. The van der Waals surface area contributed by atoms with Crippen LogP contribution >= 0.6 is 11.6 Å². The van der Waals surface area contributed by atoms with Crippen LogP contribution in [0.25, 0.3) is 10.9 Å². The number of aromatic nitrogens is 3. The SMILES string of the molecule is CCOc1ccc(Nc2ncccc2C(=O)OCc2nc3cc(Cl)ccc3c(=O)[nH]2)cc1. The van der Waals surface area contributed by atoms with E-state index in [1.807, 2.05) is 31.2 Å². The highest BCUT2D eigenvalue weighted by Gasteiger charge is 2.15. The van der Waals surface area contributed by atoms with Crippen molar-refractivity contribution in [2.24, 2.45) is 0 Å². The first kappa shape index (κ1) is 21.3. The molecule has 162 valence electrons. The molecule has 2 aromatic heterocycles. The number of hydrogen-bond donors (Lipinski definition) is 2. The number of hydrogen-bond acceptors (Lipinski definition) is 7. The van der Waals surface area contributed by atoms with E-state index in [1.165, 1.54) is 0 Å². The van der Waals surface area contributed by atoms with Gasteiger partial charge in [0.2, 0.25) is 0 Å². The summed E-state index contributed by atoms with van der Waals surface area (Å²) >= 11 is 5.98. The van der Waals surface area contributed by atoms with Crippen molar-refractivity contribution in [3.05, 3.63) is 87.6 Å². The Kier molecular flexibility index (Phi) is 6.32. The lowest BCUT2D eigenvalue weighted by Gasteiger charge is -2.11. The maximum absolute atomic E-state index is 12.7. The van der Waals surface area contributed by atoms with Gasteiger partial charge in [0.1, 0.15) is 29.6 Å². The molecule has 0 radical (unpaired) electrons. The highest BCUT2D eigenvalue weighted by Crippen LogP contribution is 2.22. The topological polar surface area (TPSA) is 106 Å². The second kappa shape index (κ2) is 9.49. The monoisotopic (exact) mass is 450 g/mol. The van der Waals surface area contributed by atoms with Crippen LogP contribution in [0.3, 0.4) is 0 Å². The number of carbonyl (C=O) groups is 1. The molecule has 0 amide bonds. The van der Waals surface area contributed by atoms with Gasteiger partial charge in [0, 0.05) is 16.9 Å². The van der Waals surface area contributed by atoms with Gasteiger partial charge in [0.15, 0.2) is 0 Å². The van der Waals surface area contributed by atoms with Gasteiger partial charge in [0.25, 0.3) is 5.56 Å². The summed E-state index contributed by atoms with van der Waals surface area (Å²) in [6, 6.07) is 15.3. The number of ether oxygens (including phenoxy) is 2. The normalized spacial score (nSPS) is 10.7. The van der Waals surface area contributed by atoms with Crippen molar-refractivity contribution in [1.29, 1.82) is 0 Å². The number of carbonyl (C=O) groups excluding carboxylic acids is 1. The first-order chi connectivity index (χ1) is 15.5. The molecule has 0 fully saturated rings. The molecule has 4 aromatic rings. The molecule has 8 nitrogen and oxygen atoms in total. The lowest BCUT2D eigenvalue weighted by Crippen LogP contribution is -2.15. The van der Waals surface area contributed by atoms with Gasteiger partial charge < -0.3 is 19.8 Å². The Hall–Kier alpha value is -3.91. The smallest absolute Gasteiger partial charge is 0.342 e. The number of benzene rings is 2. The average molecular weight is 451 g/mol. The van der Waals surface area contributed by atoms with E-state index in [-0.39, 0.29) is 23.6 Å². The van der Waals surface area contributed by atoms with E-state index in [0.29, 0.717) is 28.4 Å². The molecule has 4 rings (SSSR count). The second-order valence-corrected chi connectivity index (χ2v) is 7.17. The van der Waals surface area contributed by atoms with Gasteiger partial charge in [-0.1, -0.05) is 11.6 Å². The molecule has 0 bridgehead atoms. The van der Waals surface area contributed by atoms with E-state index in [2.05, 4.69) is 20.3 Å². The van der Waals surface area contributed by atoms with Gasteiger partial charge >= 0.3 is 5.97 Å². The van der Waals surface area contributed by atoms with Crippen LogP contribution in [-0.4, -0.2) is 27.5 Å². The highest BCUT2D eigenvalue weighted by molar-refractivity contribution is 6.31. The maximum atomic E-state index is 12.7. The predicted molar refractivity (Wildman–Crippen MR) is 122 cm³/mol. The van der Waals surface area contributed by atoms with Crippen molar-refractivity contribution < 1.29 is 14.3 Å². The number of fused-ring (bicyclic) bond motifs is 1. The quantitative estimate of drug-likeness (QED) is 0.400. The third kappa shape index (κ3) is 4.87. The van der Waals surface area contributed by atoms with E-state index in [1.54, 1.807) is 36.5 Å². The number of esters is 1. The van der Waals surface area contributed by atoms with E-state index in [0.717, 1.165) is 11.4 Å². The van der Waals surface area contributed by atoms with Gasteiger partial charge in [-0.2, -0.15) is 0 Å². The maximum Gasteiger partial charge on any atom is 0.342 e. The summed E-state index contributed by atoms with van der Waals surface area (Å²) in [6.45, 7) is 2.28. The number of rotatable bonds is 7. The molecule has 0 atom stereocenters. The lowest BCUT2D eigenvalue weighted by molar-refractivity contribution is 0.0463. The molecule has 0 saturated heterocycles. The molecule has 0 aliphatic rings. The molecule has 0 saturated carbocycles. The molecule has 32 heavy (non-hydrogen) atoms. The Labute approximate surface area is 188 Å². The number of nitrogens with zero attached hydrogens (tertiary/aromatic N) is 2. The summed E-state index contributed by atoms with van der Waals surface area (Å²) < 4.78 is 10.8. The number of H-pyrrole nitrogens is 1. The molecule has 9 heteroatoms. The summed E-state index contributed by atoms with van der Waals surface area (Å²) in [5, 5.41) is 3.96. The summed E-state index contributed by atoms with van der Waals surface area (Å²) in [6.07, 6.45) is 1.57. The van der Waals surface area contributed by atoms with Gasteiger partial charge in [-0.25, -0.2) is 14.8 Å². The minimum Gasteiger partial charge on any atom is -0.494 e.